The number of carbonyl (C=O) groups excluding carboxylic acids is 2. The maximum Gasteiger partial charge on any atom is 1.00 e. The predicted octanol–water partition coefficient (Wildman–Crippen LogP) is -30.8. The SMILES string of the molecule is Nc1nc2c(ncn2[C@@H]2O[C@H](COP(=O)([O-])OP(=O)([O-])OP(=O)([O-])[O-])[C@@H](O)[C@H]2OC(=O)c2ccccc2N)c(=O)[nH]1.Nc1nc2c(ncn2[C@@H]2O[C@H](COP(=O)([O-])OP(=O)([O-])OP(=O)([O-])[O-])[C@@H](OC(=O)c3ccccc3N)[C@H]2O)c(=O)[nH]1.[Na+].[Na+].[Na+].[Na+].[Na+].[Na+].[Na+].[Na+]. The third-order valence-electron chi connectivity index (χ3n) is 10.5. The van der Waals surface area contributed by atoms with Crippen molar-refractivity contribution in [2.24, 2.45) is 0 Å². The Morgan fingerprint density at radius 3 is 1.27 bits per heavy atom. The Morgan fingerprint density at radius 1 is 0.522 bits per heavy atom. The number of aromatic amines is 2. The van der Waals surface area contributed by atoms with Gasteiger partial charge >= 0.3 is 248 Å². The van der Waals surface area contributed by atoms with Crippen molar-refractivity contribution in [3.63, 3.8) is 0 Å². The van der Waals surface area contributed by atoms with E-state index < -0.39 is 132 Å². The van der Waals surface area contributed by atoms with Gasteiger partial charge in [0.15, 0.2) is 47.0 Å². The summed E-state index contributed by atoms with van der Waals surface area (Å²) in [5, 5.41) is 21.9. The number of nitrogens with one attached hydrogen (secondary N) is 2. The van der Waals surface area contributed by atoms with Crippen LogP contribution in [0.1, 0.15) is 33.2 Å². The van der Waals surface area contributed by atoms with Gasteiger partial charge in [-0.3, -0.25) is 55.6 Å². The molecule has 8 rings (SSSR count). The number of imidazole rings is 2. The van der Waals surface area contributed by atoms with Gasteiger partial charge in [-0.1, -0.05) is 24.3 Å². The van der Waals surface area contributed by atoms with Gasteiger partial charge in [-0.2, -0.15) is 9.97 Å². The average molecular weight is 1460 g/mol. The molecule has 12 N–H and O–H groups in total. The van der Waals surface area contributed by atoms with Crippen molar-refractivity contribution < 1.29 is 368 Å². The second-order valence-corrected chi connectivity index (χ2v) is 24.7. The first-order valence-electron chi connectivity index (χ1n) is 21.6. The molecule has 4 aromatic heterocycles. The Hall–Kier alpha value is 1.94. The van der Waals surface area contributed by atoms with Gasteiger partial charge in [-0.05, 0) is 24.3 Å². The largest absolute Gasteiger partial charge is 1.00 e. The molecule has 0 radical (unpaired) electrons. The van der Waals surface area contributed by atoms with E-state index >= 15 is 0 Å². The van der Waals surface area contributed by atoms with Crippen LogP contribution in [-0.4, -0.2) is 111 Å². The van der Waals surface area contributed by atoms with Gasteiger partial charge in [0.25, 0.3) is 42.4 Å². The minimum Gasteiger partial charge on any atom is -0.790 e. The summed E-state index contributed by atoms with van der Waals surface area (Å²) in [5.74, 6) is -2.84. The number of rotatable bonds is 20. The molecule has 2 aliphatic rings. The van der Waals surface area contributed by atoms with Gasteiger partial charge in [0, 0.05) is 11.4 Å². The molecule has 448 valence electrons. The molecule has 42 nitrogen and oxygen atoms in total. The number of phosphoric acid groups is 6. The van der Waals surface area contributed by atoms with Crippen LogP contribution >= 0.6 is 46.9 Å². The van der Waals surface area contributed by atoms with Gasteiger partial charge in [0.05, 0.1) is 52.6 Å². The Labute approximate surface area is 679 Å². The Balaban J connectivity index is 0. The van der Waals surface area contributed by atoms with Crippen molar-refractivity contribution >= 4 is 104 Å². The number of hydrogen-bond acceptors (Lipinski definition) is 38. The summed E-state index contributed by atoms with van der Waals surface area (Å²) in [6.07, 6.45) is -11.8. The number of benzene rings is 2. The Bertz CT molecular complexity index is 3870. The van der Waals surface area contributed by atoms with E-state index in [1.807, 2.05) is 0 Å². The van der Waals surface area contributed by atoms with Gasteiger partial charge < -0.3 is 109 Å². The zero-order valence-electron chi connectivity index (χ0n) is 47.8. The molecular formula is C34H34N12Na8O30P6. The van der Waals surface area contributed by atoms with Crippen LogP contribution in [0, 0.1) is 0 Å². The number of aliphatic hydroxyl groups excluding tert-OH is 2. The number of aliphatic hydroxyl groups is 2. The minimum atomic E-state index is -6.27. The molecule has 0 aliphatic carbocycles. The topological polar surface area (TPSA) is 685 Å². The molecule has 12 atom stereocenters. The molecule has 0 spiro atoms. The van der Waals surface area contributed by atoms with Gasteiger partial charge in [-0.25, -0.2) is 28.2 Å². The summed E-state index contributed by atoms with van der Waals surface area (Å²) < 4.78 is 114. The van der Waals surface area contributed by atoms with Crippen LogP contribution in [-0.2, 0) is 72.6 Å². The quantitative estimate of drug-likeness (QED) is 0.0152. The standard InChI is InChI=1S/2C17H21N6O15P3.8Na/c18-8-4-2-1-3-7(8)16(26)36-12-9(5-34-40(30,31)38-41(32,33)37-39(27,28)29)35-15(11(12)24)23-6-20-10-13(23)21-17(19)22-14(10)25;18-8-4-2-1-3-7(8)16(26)36-12-11(24)9(5-34-40(30,31)38-41(32,33)37-39(27,28)29)35-15(12)23-6-20-10-13(23)21-17(19)22-14(10)25;;;;;;;;/h2*1-4,6,9,11-12,15,24H,5,18H2,(H,30,31)(H,32,33)(H2,27,28,29)(H3,19,21,22,25);;;;;;;;/q;;8*+1/p-8/t2*9-,11-,12-,15-;;;;;;;;/m11......../s1. The minimum absolute atomic E-state index is 0. The van der Waals surface area contributed by atoms with E-state index in [4.69, 9.17) is 41.9 Å². The van der Waals surface area contributed by atoms with E-state index in [0.29, 0.717) is 0 Å². The Morgan fingerprint density at radius 2 is 0.878 bits per heavy atom. The normalized spacial score (nSPS) is 22.0. The number of carbonyl (C=O) groups is 2. The molecule has 56 heteroatoms. The van der Waals surface area contributed by atoms with Crippen molar-refractivity contribution in [3.8, 4) is 0 Å². The predicted molar refractivity (Wildman–Crippen MR) is 247 cm³/mol. The number of aromatic nitrogens is 8. The summed E-state index contributed by atoms with van der Waals surface area (Å²) in [6, 6.07) is 11.3. The van der Waals surface area contributed by atoms with Crippen molar-refractivity contribution in [2.45, 2.75) is 49.1 Å². The number of ether oxygens (including phenoxy) is 4. The summed E-state index contributed by atoms with van der Waals surface area (Å²) in [4.78, 5) is 159. The average Bonchev–Trinajstić information content (AvgIpc) is 2.04. The second kappa shape index (κ2) is 38.7. The van der Waals surface area contributed by atoms with Crippen molar-refractivity contribution in [1.82, 2.24) is 39.0 Å². The molecule has 2 aliphatic heterocycles. The third-order valence-corrected chi connectivity index (χ3v) is 17.8. The molecule has 0 saturated carbocycles. The second-order valence-electron chi connectivity index (χ2n) is 16.2. The monoisotopic (exact) mass is 1460 g/mol. The van der Waals surface area contributed by atoms with Crippen LogP contribution in [0.3, 0.4) is 0 Å². The van der Waals surface area contributed by atoms with E-state index in [1.165, 1.54) is 48.5 Å². The summed E-state index contributed by atoms with van der Waals surface area (Å²) >= 11 is 0. The van der Waals surface area contributed by atoms with E-state index in [-0.39, 0.29) is 293 Å². The fourth-order valence-corrected chi connectivity index (χ4v) is 13.1. The van der Waals surface area contributed by atoms with Crippen molar-refractivity contribution in [3.05, 3.63) is 93.0 Å². The Kier molecular flexibility index (Phi) is 40.4. The van der Waals surface area contributed by atoms with Gasteiger partial charge in [0.1, 0.15) is 24.4 Å². The number of anilines is 4. The molecule has 2 saturated heterocycles. The van der Waals surface area contributed by atoms with E-state index in [9.17, 15) is 95.9 Å². The van der Waals surface area contributed by atoms with Gasteiger partial charge in [-0.15, -0.1) is 0 Å². The molecule has 6 aromatic rings. The smallest absolute Gasteiger partial charge is 0.790 e. The van der Waals surface area contributed by atoms with E-state index in [2.05, 4.69) is 56.2 Å². The molecule has 0 bridgehead atoms. The van der Waals surface area contributed by atoms with Crippen molar-refractivity contribution in [2.75, 3.05) is 36.1 Å². The number of esters is 2. The number of H-pyrrole nitrogens is 2. The molecule has 90 heavy (non-hydrogen) atoms. The third kappa shape index (κ3) is 25.8. The van der Waals surface area contributed by atoms with Gasteiger partial charge in [0.2, 0.25) is 11.9 Å². The number of para-hydroxylation sites is 2. The molecule has 4 unspecified atom stereocenters. The summed E-state index contributed by atoms with van der Waals surface area (Å²) in [7, 11) is -37.0. The van der Waals surface area contributed by atoms with Crippen LogP contribution < -0.4 is 310 Å². The first-order chi connectivity index (χ1) is 37.9. The molecule has 2 fully saturated rings. The van der Waals surface area contributed by atoms with Crippen LogP contribution in [0.25, 0.3) is 22.3 Å². The number of nitrogen functional groups attached to an aromatic ring is 4. The maximum atomic E-state index is 12.9. The fraction of sp³-hybridized carbons (Fsp3) is 0.294. The van der Waals surface area contributed by atoms with Crippen LogP contribution in [0.5, 0.6) is 0 Å². The molecule has 2 aromatic carbocycles. The zero-order valence-corrected chi connectivity index (χ0v) is 69.2. The first kappa shape index (κ1) is 94.0. The number of nitrogens with two attached hydrogens (primary N) is 4. The van der Waals surface area contributed by atoms with Crippen LogP contribution in [0.2, 0.25) is 0 Å². The van der Waals surface area contributed by atoms with E-state index in [0.717, 1.165) is 21.8 Å². The van der Waals surface area contributed by atoms with Crippen molar-refractivity contribution in [1.29, 1.82) is 0 Å². The fourth-order valence-electron chi connectivity index (χ4n) is 7.33. The number of hydrogen-bond donors (Lipinski definition) is 8. The van der Waals surface area contributed by atoms with Crippen LogP contribution in [0.4, 0.5) is 23.3 Å². The number of fused-ring (bicyclic) bond motifs is 2. The number of nitrogens with zero attached hydrogens (tertiary/aromatic N) is 6. The summed E-state index contributed by atoms with van der Waals surface area (Å²) in [6.45, 7) is -2.43. The molecule has 6 heterocycles. The number of phosphoric ester groups is 2. The zero-order chi connectivity index (χ0) is 60.7. The van der Waals surface area contributed by atoms with Crippen LogP contribution in [0.15, 0.2) is 70.8 Å². The molecule has 0 amide bonds. The molecular weight excluding hydrogens is 1430 g/mol. The maximum absolute atomic E-state index is 12.9. The first-order valence-corrected chi connectivity index (χ1v) is 30.3. The van der Waals surface area contributed by atoms with E-state index in [1.54, 1.807) is 0 Å². The summed E-state index contributed by atoms with van der Waals surface area (Å²) in [5.41, 5.74) is 20.0.